The number of hydrogen-bond donors (Lipinski definition) is 2. The summed E-state index contributed by atoms with van der Waals surface area (Å²) >= 11 is 0. The van der Waals surface area contributed by atoms with Gasteiger partial charge in [-0.15, -0.1) is 0 Å². The van der Waals surface area contributed by atoms with Crippen LogP contribution in [0, 0.1) is 0 Å². The number of rotatable bonds is 5. The van der Waals surface area contributed by atoms with Crippen LogP contribution in [0.2, 0.25) is 0 Å². The van der Waals surface area contributed by atoms with E-state index in [-0.39, 0.29) is 11.7 Å². The minimum absolute atomic E-state index is 0.0365. The van der Waals surface area contributed by atoms with Crippen LogP contribution < -0.4 is 15.7 Å². The molecular formula is C16H24N4O2. The summed E-state index contributed by atoms with van der Waals surface area (Å²) in [7, 11) is 4.03. The molecule has 1 saturated heterocycles. The molecule has 1 aliphatic heterocycles. The summed E-state index contributed by atoms with van der Waals surface area (Å²) in [5, 5.41) is 3.34. The molecular weight excluding hydrogens is 280 g/mol. The number of imidazole rings is 1. The number of H-pyrrole nitrogens is 1. The van der Waals surface area contributed by atoms with Crippen LogP contribution in [0.1, 0.15) is 18.9 Å². The van der Waals surface area contributed by atoms with Gasteiger partial charge in [0.05, 0.1) is 5.52 Å². The maximum absolute atomic E-state index is 12.4. The molecule has 0 spiro atoms. The van der Waals surface area contributed by atoms with Crippen LogP contribution >= 0.6 is 0 Å². The Bertz CT molecular complexity index is 683. The molecule has 2 aromatic rings. The molecule has 22 heavy (non-hydrogen) atoms. The Morgan fingerprint density at radius 3 is 2.82 bits per heavy atom. The van der Waals surface area contributed by atoms with Crippen LogP contribution in [0.4, 0.5) is 0 Å². The summed E-state index contributed by atoms with van der Waals surface area (Å²) in [5.74, 6) is 0.754. The van der Waals surface area contributed by atoms with E-state index in [0.717, 1.165) is 49.3 Å². The van der Waals surface area contributed by atoms with E-state index >= 15 is 0 Å². The van der Waals surface area contributed by atoms with Crippen molar-refractivity contribution in [2.75, 3.05) is 40.3 Å². The number of aromatic amines is 1. The Labute approximate surface area is 130 Å². The van der Waals surface area contributed by atoms with E-state index in [9.17, 15) is 4.79 Å². The Morgan fingerprint density at radius 2 is 2.09 bits per heavy atom. The number of nitrogens with one attached hydrogen (secondary N) is 2. The topological polar surface area (TPSA) is 62.3 Å². The van der Waals surface area contributed by atoms with Crippen molar-refractivity contribution < 1.29 is 4.74 Å². The standard InChI is InChI=1S/C16H24N4O2/c1-19(2)10-11-22-14-5-3-4-13-15(14)18-16(21)20(13)12-6-8-17-9-7-12/h3-5,12,17H,6-11H2,1-2H3,(H,18,21). The van der Waals surface area contributed by atoms with Crippen LogP contribution in [-0.2, 0) is 0 Å². The van der Waals surface area contributed by atoms with Crippen molar-refractivity contribution in [3.8, 4) is 5.75 Å². The van der Waals surface area contributed by atoms with Gasteiger partial charge in [-0.25, -0.2) is 4.79 Å². The van der Waals surface area contributed by atoms with Crippen molar-refractivity contribution in [1.29, 1.82) is 0 Å². The first-order chi connectivity index (χ1) is 10.7. The molecule has 6 heteroatoms. The van der Waals surface area contributed by atoms with Gasteiger partial charge < -0.3 is 19.9 Å². The molecule has 0 radical (unpaired) electrons. The quantitative estimate of drug-likeness (QED) is 0.871. The maximum Gasteiger partial charge on any atom is 0.326 e. The Kier molecular flexibility index (Phi) is 4.49. The summed E-state index contributed by atoms with van der Waals surface area (Å²) in [4.78, 5) is 17.4. The summed E-state index contributed by atoms with van der Waals surface area (Å²) in [5.41, 5.74) is 1.72. The van der Waals surface area contributed by atoms with E-state index in [4.69, 9.17) is 4.74 Å². The minimum Gasteiger partial charge on any atom is -0.490 e. The summed E-state index contributed by atoms with van der Waals surface area (Å²) < 4.78 is 7.75. The molecule has 0 saturated carbocycles. The zero-order valence-corrected chi connectivity index (χ0v) is 13.3. The normalized spacial score (nSPS) is 16.5. The van der Waals surface area contributed by atoms with Gasteiger partial charge >= 0.3 is 5.69 Å². The molecule has 2 heterocycles. The van der Waals surface area contributed by atoms with E-state index < -0.39 is 0 Å². The lowest BCUT2D eigenvalue weighted by atomic mass is 10.1. The number of likely N-dealkylation sites (N-methyl/N-ethyl adjacent to an activating group) is 1. The van der Waals surface area contributed by atoms with Crippen molar-refractivity contribution in [2.24, 2.45) is 0 Å². The lowest BCUT2D eigenvalue weighted by Gasteiger charge is -2.23. The van der Waals surface area contributed by atoms with Gasteiger partial charge in [0, 0.05) is 12.6 Å². The minimum atomic E-state index is -0.0365. The number of para-hydroxylation sites is 1. The monoisotopic (exact) mass is 304 g/mol. The van der Waals surface area contributed by atoms with Crippen molar-refractivity contribution in [1.82, 2.24) is 19.8 Å². The molecule has 0 unspecified atom stereocenters. The zero-order chi connectivity index (χ0) is 15.5. The fourth-order valence-corrected chi connectivity index (χ4v) is 3.01. The van der Waals surface area contributed by atoms with Crippen molar-refractivity contribution >= 4 is 11.0 Å². The van der Waals surface area contributed by atoms with Crippen LogP contribution in [0.3, 0.4) is 0 Å². The van der Waals surface area contributed by atoms with Crippen molar-refractivity contribution in [2.45, 2.75) is 18.9 Å². The molecule has 2 N–H and O–H groups in total. The Morgan fingerprint density at radius 1 is 1.32 bits per heavy atom. The summed E-state index contributed by atoms with van der Waals surface area (Å²) in [6.45, 7) is 3.37. The van der Waals surface area contributed by atoms with Gasteiger partial charge in [-0.2, -0.15) is 0 Å². The lowest BCUT2D eigenvalue weighted by molar-refractivity contribution is 0.263. The Hall–Kier alpha value is -1.79. The van der Waals surface area contributed by atoms with E-state index in [0.29, 0.717) is 6.61 Å². The first-order valence-corrected chi connectivity index (χ1v) is 7.88. The molecule has 0 aliphatic carbocycles. The fourth-order valence-electron chi connectivity index (χ4n) is 3.01. The zero-order valence-electron chi connectivity index (χ0n) is 13.3. The molecule has 1 fully saturated rings. The van der Waals surface area contributed by atoms with Crippen LogP contribution in [0.15, 0.2) is 23.0 Å². The molecule has 6 nitrogen and oxygen atoms in total. The number of ether oxygens (including phenoxy) is 1. The predicted octanol–water partition coefficient (Wildman–Crippen LogP) is 1.19. The second kappa shape index (κ2) is 6.54. The van der Waals surface area contributed by atoms with Crippen molar-refractivity contribution in [3.63, 3.8) is 0 Å². The van der Waals surface area contributed by atoms with Gasteiger partial charge in [0.2, 0.25) is 0 Å². The second-order valence-corrected chi connectivity index (χ2v) is 6.08. The highest BCUT2D eigenvalue weighted by molar-refractivity contribution is 5.82. The van der Waals surface area contributed by atoms with E-state index in [1.165, 1.54) is 0 Å². The third-order valence-corrected chi connectivity index (χ3v) is 4.18. The molecule has 0 amide bonds. The molecule has 120 valence electrons. The SMILES string of the molecule is CN(C)CCOc1cccc2c1[nH]c(=O)n2C1CCNCC1. The number of benzene rings is 1. The first-order valence-electron chi connectivity index (χ1n) is 7.88. The highest BCUT2D eigenvalue weighted by atomic mass is 16.5. The lowest BCUT2D eigenvalue weighted by Crippen LogP contribution is -2.33. The van der Waals surface area contributed by atoms with Gasteiger partial charge in [-0.1, -0.05) is 6.07 Å². The van der Waals surface area contributed by atoms with E-state index in [1.54, 1.807) is 0 Å². The molecule has 1 aromatic carbocycles. The van der Waals surface area contributed by atoms with Gasteiger partial charge in [0.25, 0.3) is 0 Å². The van der Waals surface area contributed by atoms with Crippen LogP contribution in [0.25, 0.3) is 11.0 Å². The van der Waals surface area contributed by atoms with Crippen molar-refractivity contribution in [3.05, 3.63) is 28.7 Å². The van der Waals surface area contributed by atoms with E-state index in [2.05, 4.69) is 15.2 Å². The molecule has 1 aromatic heterocycles. The van der Waals surface area contributed by atoms with Crippen LogP contribution in [-0.4, -0.2) is 54.8 Å². The maximum atomic E-state index is 12.4. The number of piperidine rings is 1. The molecule has 1 aliphatic rings. The number of fused-ring (bicyclic) bond motifs is 1. The summed E-state index contributed by atoms with van der Waals surface area (Å²) in [6, 6.07) is 6.13. The fraction of sp³-hybridized carbons (Fsp3) is 0.562. The predicted molar refractivity (Wildman–Crippen MR) is 87.7 cm³/mol. The largest absolute Gasteiger partial charge is 0.490 e. The van der Waals surface area contributed by atoms with E-state index in [1.807, 2.05) is 36.9 Å². The third-order valence-electron chi connectivity index (χ3n) is 4.18. The number of hydrogen-bond acceptors (Lipinski definition) is 4. The molecule has 3 rings (SSSR count). The molecule has 0 atom stereocenters. The molecule has 0 bridgehead atoms. The number of aromatic nitrogens is 2. The average Bonchev–Trinajstić information content (AvgIpc) is 2.84. The number of nitrogens with zero attached hydrogens (tertiary/aromatic N) is 2. The van der Waals surface area contributed by atoms with Gasteiger partial charge in [0.15, 0.2) is 0 Å². The van der Waals surface area contributed by atoms with Gasteiger partial charge in [-0.05, 0) is 52.2 Å². The summed E-state index contributed by atoms with van der Waals surface area (Å²) in [6.07, 6.45) is 1.97. The highest BCUT2D eigenvalue weighted by Gasteiger charge is 2.20. The second-order valence-electron chi connectivity index (χ2n) is 6.08. The van der Waals surface area contributed by atoms with Gasteiger partial charge in [0.1, 0.15) is 17.9 Å². The smallest absolute Gasteiger partial charge is 0.326 e. The highest BCUT2D eigenvalue weighted by Crippen LogP contribution is 2.27. The third kappa shape index (κ3) is 3.03. The average molecular weight is 304 g/mol. The van der Waals surface area contributed by atoms with Crippen LogP contribution in [0.5, 0.6) is 5.75 Å². The van der Waals surface area contributed by atoms with Gasteiger partial charge in [-0.3, -0.25) is 4.57 Å². The first kappa shape index (κ1) is 15.1. The Balaban J connectivity index is 1.91.